The van der Waals surface area contributed by atoms with Crippen molar-refractivity contribution in [1.82, 2.24) is 4.90 Å². The molecule has 1 saturated carbocycles. The summed E-state index contributed by atoms with van der Waals surface area (Å²) >= 11 is 0. The number of hydrogen-bond acceptors (Lipinski definition) is 4. The lowest BCUT2D eigenvalue weighted by molar-refractivity contribution is -0.151. The molecule has 2 atom stereocenters. The summed E-state index contributed by atoms with van der Waals surface area (Å²) in [6, 6.07) is -0.895. The molecule has 2 fully saturated rings. The zero-order valence-electron chi connectivity index (χ0n) is 12.8. The molecule has 1 aliphatic heterocycles. The normalized spacial score (nSPS) is 24.3. The average Bonchev–Trinajstić information content (AvgIpc) is 2.96. The van der Waals surface area contributed by atoms with Crippen LogP contribution in [0.4, 0.5) is 0 Å². The molecule has 5 nitrogen and oxygen atoms in total. The number of nitrogens with two attached hydrogens (primary N) is 1. The summed E-state index contributed by atoms with van der Waals surface area (Å²) in [5.74, 6) is 0.172. The van der Waals surface area contributed by atoms with E-state index < -0.39 is 12.1 Å². The highest BCUT2D eigenvalue weighted by Gasteiger charge is 2.37. The Morgan fingerprint density at radius 3 is 2.48 bits per heavy atom. The Kier molecular flexibility index (Phi) is 7.46. The van der Waals surface area contributed by atoms with Gasteiger partial charge in [-0.3, -0.25) is 4.79 Å². The molecule has 0 spiro atoms. The lowest BCUT2D eigenvalue weighted by atomic mass is 9.84. The molecule has 2 aliphatic rings. The van der Waals surface area contributed by atoms with Crippen LogP contribution in [0.3, 0.4) is 0 Å². The molecule has 0 bridgehead atoms. The summed E-state index contributed by atoms with van der Waals surface area (Å²) in [4.78, 5) is 25.8. The lowest BCUT2D eigenvalue weighted by Gasteiger charge is -2.29. The van der Waals surface area contributed by atoms with Crippen LogP contribution in [0.15, 0.2) is 0 Å². The van der Waals surface area contributed by atoms with E-state index in [2.05, 4.69) is 0 Å². The largest absolute Gasteiger partial charge is 0.467 e. The van der Waals surface area contributed by atoms with Crippen molar-refractivity contribution in [2.24, 2.45) is 11.7 Å². The van der Waals surface area contributed by atoms with Gasteiger partial charge in [0.25, 0.3) is 0 Å². The van der Waals surface area contributed by atoms with Crippen LogP contribution in [0.25, 0.3) is 0 Å². The Labute approximate surface area is 133 Å². The molecule has 1 heterocycles. The maximum atomic E-state index is 12.4. The maximum absolute atomic E-state index is 12.4. The number of nitrogens with zero attached hydrogens (tertiary/aromatic N) is 1. The fourth-order valence-corrected chi connectivity index (χ4v) is 3.51. The van der Waals surface area contributed by atoms with Gasteiger partial charge < -0.3 is 15.4 Å². The second-order valence-corrected chi connectivity index (χ2v) is 6.06. The highest BCUT2D eigenvalue weighted by molar-refractivity contribution is 5.88. The molecule has 0 aromatic rings. The van der Waals surface area contributed by atoms with E-state index in [-0.39, 0.29) is 24.3 Å². The maximum Gasteiger partial charge on any atom is 0.328 e. The van der Waals surface area contributed by atoms with E-state index in [1.54, 1.807) is 4.90 Å². The van der Waals surface area contributed by atoms with Crippen LogP contribution in [0.1, 0.15) is 51.4 Å². The molecule has 2 rings (SSSR count). The summed E-state index contributed by atoms with van der Waals surface area (Å²) in [5.41, 5.74) is 6.09. The quantitative estimate of drug-likeness (QED) is 0.803. The van der Waals surface area contributed by atoms with Crippen LogP contribution in [0, 0.1) is 5.92 Å². The number of halogens is 1. The van der Waals surface area contributed by atoms with E-state index in [0.29, 0.717) is 18.9 Å². The van der Waals surface area contributed by atoms with Gasteiger partial charge in [0.05, 0.1) is 13.2 Å². The fourth-order valence-electron chi connectivity index (χ4n) is 3.51. The minimum atomic E-state index is -0.469. The van der Waals surface area contributed by atoms with Crippen LogP contribution in [0.2, 0.25) is 0 Å². The third-order valence-electron chi connectivity index (χ3n) is 4.64. The lowest BCUT2D eigenvalue weighted by Crippen LogP contribution is -2.49. The van der Waals surface area contributed by atoms with E-state index >= 15 is 0 Å². The van der Waals surface area contributed by atoms with Gasteiger partial charge in [-0.1, -0.05) is 32.1 Å². The van der Waals surface area contributed by atoms with Crippen molar-refractivity contribution in [2.45, 2.75) is 63.5 Å². The van der Waals surface area contributed by atoms with Crippen LogP contribution in [-0.4, -0.2) is 42.5 Å². The first-order valence-corrected chi connectivity index (χ1v) is 7.77. The zero-order valence-corrected chi connectivity index (χ0v) is 13.6. The molecule has 1 aliphatic carbocycles. The molecule has 2 N–H and O–H groups in total. The second kappa shape index (κ2) is 8.59. The summed E-state index contributed by atoms with van der Waals surface area (Å²) in [7, 11) is 1.37. The molecule has 1 saturated heterocycles. The van der Waals surface area contributed by atoms with Gasteiger partial charge in [0, 0.05) is 6.54 Å². The minimum Gasteiger partial charge on any atom is -0.467 e. The van der Waals surface area contributed by atoms with Crippen molar-refractivity contribution in [3.63, 3.8) is 0 Å². The molecule has 1 amide bonds. The number of ether oxygens (including phenoxy) is 1. The third kappa shape index (κ3) is 4.58. The van der Waals surface area contributed by atoms with E-state index in [1.807, 2.05) is 0 Å². The minimum absolute atomic E-state index is 0. The Morgan fingerprint density at radius 1 is 1.19 bits per heavy atom. The molecule has 0 unspecified atom stereocenters. The number of carbonyl (C=O) groups excluding carboxylic acids is 2. The third-order valence-corrected chi connectivity index (χ3v) is 4.64. The number of rotatable bonds is 4. The van der Waals surface area contributed by atoms with Crippen LogP contribution >= 0.6 is 12.4 Å². The van der Waals surface area contributed by atoms with Crippen LogP contribution < -0.4 is 5.73 Å². The Morgan fingerprint density at radius 2 is 1.86 bits per heavy atom. The number of carbonyl (C=O) groups is 2. The zero-order chi connectivity index (χ0) is 14.5. The van der Waals surface area contributed by atoms with Gasteiger partial charge in [-0.2, -0.15) is 0 Å². The van der Waals surface area contributed by atoms with Crippen molar-refractivity contribution < 1.29 is 14.3 Å². The van der Waals surface area contributed by atoms with Crippen LogP contribution in [0.5, 0.6) is 0 Å². The smallest absolute Gasteiger partial charge is 0.328 e. The highest BCUT2D eigenvalue weighted by atomic mass is 35.5. The molecule has 21 heavy (non-hydrogen) atoms. The Bertz CT molecular complexity index is 359. The topological polar surface area (TPSA) is 72.6 Å². The van der Waals surface area contributed by atoms with E-state index in [1.165, 1.54) is 39.2 Å². The standard InChI is InChI=1S/C15H26N2O3.ClH/c1-20-15(19)13-8-5-9-17(13)14(18)12(16)10-11-6-3-2-4-7-11;/h11-13H,2-10,16H2,1H3;1H/t12-,13+;/m1./s1. The van der Waals surface area contributed by atoms with Gasteiger partial charge in [0.15, 0.2) is 0 Å². The van der Waals surface area contributed by atoms with Gasteiger partial charge in [-0.15, -0.1) is 12.4 Å². The number of amides is 1. The Balaban J connectivity index is 0.00000220. The summed E-state index contributed by atoms with van der Waals surface area (Å²) < 4.78 is 4.77. The van der Waals surface area contributed by atoms with Gasteiger partial charge in [0.1, 0.15) is 6.04 Å². The first-order valence-electron chi connectivity index (χ1n) is 7.77. The Hall–Kier alpha value is -0.810. The first kappa shape index (κ1) is 18.2. The van der Waals surface area contributed by atoms with E-state index in [9.17, 15) is 9.59 Å². The van der Waals surface area contributed by atoms with E-state index in [0.717, 1.165) is 12.8 Å². The van der Waals surface area contributed by atoms with Gasteiger partial charge in [-0.05, 0) is 25.2 Å². The van der Waals surface area contributed by atoms with Crippen molar-refractivity contribution in [2.75, 3.05) is 13.7 Å². The first-order chi connectivity index (χ1) is 9.63. The monoisotopic (exact) mass is 318 g/mol. The summed E-state index contributed by atoms with van der Waals surface area (Å²) in [5, 5.41) is 0. The average molecular weight is 319 g/mol. The predicted molar refractivity (Wildman–Crippen MR) is 83.2 cm³/mol. The number of esters is 1. The van der Waals surface area contributed by atoms with Gasteiger partial charge in [0.2, 0.25) is 5.91 Å². The molecular formula is C15H27ClN2O3. The molecular weight excluding hydrogens is 292 g/mol. The molecule has 0 aromatic carbocycles. The fraction of sp³-hybridized carbons (Fsp3) is 0.867. The number of methoxy groups -OCH3 is 1. The van der Waals surface area contributed by atoms with Crippen molar-refractivity contribution in [1.29, 1.82) is 0 Å². The van der Waals surface area contributed by atoms with E-state index in [4.69, 9.17) is 10.5 Å². The van der Waals surface area contributed by atoms with Crippen molar-refractivity contribution in [3.8, 4) is 0 Å². The molecule has 0 radical (unpaired) electrons. The van der Waals surface area contributed by atoms with Crippen molar-refractivity contribution >= 4 is 24.3 Å². The number of likely N-dealkylation sites (tertiary alicyclic amines) is 1. The number of hydrogen-bond donors (Lipinski definition) is 1. The molecule has 0 aromatic heterocycles. The SMILES string of the molecule is COC(=O)[C@@H]1CCCN1C(=O)[C@H](N)CC1CCCCC1.Cl. The van der Waals surface area contributed by atoms with Gasteiger partial charge in [-0.25, -0.2) is 4.79 Å². The van der Waals surface area contributed by atoms with Crippen LogP contribution in [-0.2, 0) is 14.3 Å². The highest BCUT2D eigenvalue weighted by Crippen LogP contribution is 2.28. The molecule has 122 valence electrons. The summed E-state index contributed by atoms with van der Waals surface area (Å²) in [6.45, 7) is 0.622. The summed E-state index contributed by atoms with van der Waals surface area (Å²) in [6.07, 6.45) is 8.46. The molecule has 6 heteroatoms. The van der Waals surface area contributed by atoms with Crippen molar-refractivity contribution in [3.05, 3.63) is 0 Å². The predicted octanol–water partition coefficient (Wildman–Crippen LogP) is 1.87. The van der Waals surface area contributed by atoms with Gasteiger partial charge >= 0.3 is 5.97 Å². The second-order valence-electron chi connectivity index (χ2n) is 6.06.